The van der Waals surface area contributed by atoms with E-state index in [0.29, 0.717) is 0 Å². The van der Waals surface area contributed by atoms with Crippen molar-refractivity contribution in [3.63, 3.8) is 0 Å². The van der Waals surface area contributed by atoms with Crippen LogP contribution >= 0.6 is 0 Å². The SMILES string of the molecule is Cn1ccc(C=Nc2ccc(C(C)(C)C)cc2)c1. The Labute approximate surface area is 109 Å². The number of aryl methyl sites for hydroxylation is 1. The lowest BCUT2D eigenvalue weighted by Crippen LogP contribution is -2.10. The van der Waals surface area contributed by atoms with Crippen molar-refractivity contribution in [1.29, 1.82) is 0 Å². The highest BCUT2D eigenvalue weighted by Gasteiger charge is 2.12. The predicted molar refractivity (Wildman–Crippen MR) is 77.8 cm³/mol. The van der Waals surface area contributed by atoms with Crippen molar-refractivity contribution in [2.24, 2.45) is 12.0 Å². The Morgan fingerprint density at radius 3 is 2.22 bits per heavy atom. The lowest BCUT2D eigenvalue weighted by molar-refractivity contribution is 0.590. The lowest BCUT2D eigenvalue weighted by atomic mass is 9.87. The molecule has 0 saturated heterocycles. The van der Waals surface area contributed by atoms with Crippen molar-refractivity contribution in [3.8, 4) is 0 Å². The Kier molecular flexibility index (Phi) is 3.37. The zero-order chi connectivity index (χ0) is 13.2. The summed E-state index contributed by atoms with van der Waals surface area (Å²) in [5.74, 6) is 0. The first-order chi connectivity index (χ1) is 8.45. The summed E-state index contributed by atoms with van der Waals surface area (Å²) in [6.45, 7) is 6.65. The lowest BCUT2D eigenvalue weighted by Gasteiger charge is -2.18. The number of nitrogens with zero attached hydrogens (tertiary/aromatic N) is 2. The van der Waals surface area contributed by atoms with E-state index < -0.39 is 0 Å². The molecule has 0 amide bonds. The number of aromatic nitrogens is 1. The third kappa shape index (κ3) is 3.10. The van der Waals surface area contributed by atoms with Crippen LogP contribution in [0.15, 0.2) is 47.7 Å². The molecule has 0 spiro atoms. The average molecular weight is 240 g/mol. The molecule has 0 aliphatic heterocycles. The van der Waals surface area contributed by atoms with Crippen LogP contribution in [0.3, 0.4) is 0 Å². The summed E-state index contributed by atoms with van der Waals surface area (Å²) in [6, 6.07) is 10.5. The third-order valence-electron chi connectivity index (χ3n) is 2.95. The van der Waals surface area contributed by atoms with Gasteiger partial charge in [-0.05, 0) is 29.2 Å². The maximum absolute atomic E-state index is 4.47. The van der Waals surface area contributed by atoms with E-state index in [2.05, 4.69) is 50.0 Å². The molecule has 2 aromatic rings. The molecule has 0 bridgehead atoms. The van der Waals surface area contributed by atoms with Gasteiger partial charge in [0.2, 0.25) is 0 Å². The van der Waals surface area contributed by atoms with Crippen LogP contribution in [0.4, 0.5) is 5.69 Å². The fourth-order valence-electron chi connectivity index (χ4n) is 1.80. The van der Waals surface area contributed by atoms with Crippen LogP contribution in [-0.4, -0.2) is 10.8 Å². The van der Waals surface area contributed by atoms with Crippen LogP contribution in [0.5, 0.6) is 0 Å². The van der Waals surface area contributed by atoms with Gasteiger partial charge in [0.1, 0.15) is 0 Å². The van der Waals surface area contributed by atoms with Crippen molar-refractivity contribution in [2.75, 3.05) is 0 Å². The van der Waals surface area contributed by atoms with Gasteiger partial charge in [0.15, 0.2) is 0 Å². The molecule has 0 radical (unpaired) electrons. The molecule has 1 aromatic carbocycles. The summed E-state index contributed by atoms with van der Waals surface area (Å²) in [4.78, 5) is 4.47. The normalized spacial score (nSPS) is 12.2. The Hall–Kier alpha value is -1.83. The molecule has 2 heteroatoms. The Bertz CT molecular complexity index is 539. The molecular formula is C16H20N2. The minimum atomic E-state index is 0.196. The second kappa shape index (κ2) is 4.81. The van der Waals surface area contributed by atoms with Crippen LogP contribution in [0.2, 0.25) is 0 Å². The minimum absolute atomic E-state index is 0.196. The molecule has 0 N–H and O–H groups in total. The summed E-state index contributed by atoms with van der Waals surface area (Å²) in [5.41, 5.74) is 3.65. The van der Waals surface area contributed by atoms with E-state index in [9.17, 15) is 0 Å². The number of benzene rings is 1. The zero-order valence-corrected chi connectivity index (χ0v) is 11.5. The van der Waals surface area contributed by atoms with E-state index in [0.717, 1.165) is 11.3 Å². The fourth-order valence-corrected chi connectivity index (χ4v) is 1.80. The quantitative estimate of drug-likeness (QED) is 0.704. The van der Waals surface area contributed by atoms with Crippen molar-refractivity contribution < 1.29 is 0 Å². The summed E-state index contributed by atoms with van der Waals surface area (Å²) in [6.07, 6.45) is 5.96. The van der Waals surface area contributed by atoms with E-state index in [-0.39, 0.29) is 5.41 Å². The van der Waals surface area contributed by atoms with E-state index in [1.165, 1.54) is 5.56 Å². The molecule has 0 fully saturated rings. The summed E-state index contributed by atoms with van der Waals surface area (Å²) in [7, 11) is 2.01. The number of hydrogen-bond donors (Lipinski definition) is 0. The van der Waals surface area contributed by atoms with E-state index in [1.54, 1.807) is 0 Å². The van der Waals surface area contributed by atoms with Gasteiger partial charge in [-0.15, -0.1) is 0 Å². The van der Waals surface area contributed by atoms with Crippen molar-refractivity contribution >= 4 is 11.9 Å². The first-order valence-electron chi connectivity index (χ1n) is 6.22. The van der Waals surface area contributed by atoms with E-state index in [4.69, 9.17) is 0 Å². The fraction of sp³-hybridized carbons (Fsp3) is 0.312. The second-order valence-corrected chi connectivity index (χ2v) is 5.67. The molecule has 2 nitrogen and oxygen atoms in total. The van der Waals surface area contributed by atoms with Gasteiger partial charge in [-0.25, -0.2) is 0 Å². The topological polar surface area (TPSA) is 17.3 Å². The minimum Gasteiger partial charge on any atom is -0.357 e. The van der Waals surface area contributed by atoms with Gasteiger partial charge in [-0.1, -0.05) is 32.9 Å². The summed E-state index contributed by atoms with van der Waals surface area (Å²) >= 11 is 0. The second-order valence-electron chi connectivity index (χ2n) is 5.67. The number of hydrogen-bond acceptors (Lipinski definition) is 1. The first-order valence-corrected chi connectivity index (χ1v) is 6.22. The van der Waals surface area contributed by atoms with Crippen LogP contribution in [0, 0.1) is 0 Å². The van der Waals surface area contributed by atoms with Gasteiger partial charge in [-0.3, -0.25) is 4.99 Å². The van der Waals surface area contributed by atoms with Gasteiger partial charge in [0, 0.05) is 31.2 Å². The largest absolute Gasteiger partial charge is 0.357 e. The molecule has 1 heterocycles. The molecule has 1 aromatic heterocycles. The standard InChI is InChI=1S/C16H20N2/c1-16(2,3)14-5-7-15(8-6-14)17-11-13-9-10-18(4)12-13/h5-12H,1-4H3. The maximum Gasteiger partial charge on any atom is 0.0630 e. The summed E-state index contributed by atoms with van der Waals surface area (Å²) < 4.78 is 2.02. The van der Waals surface area contributed by atoms with Gasteiger partial charge >= 0.3 is 0 Å². The Morgan fingerprint density at radius 1 is 1.06 bits per heavy atom. The van der Waals surface area contributed by atoms with Crippen molar-refractivity contribution in [3.05, 3.63) is 53.9 Å². The Balaban J connectivity index is 2.13. The van der Waals surface area contributed by atoms with Crippen LogP contribution in [0.1, 0.15) is 31.9 Å². The molecule has 18 heavy (non-hydrogen) atoms. The highest BCUT2D eigenvalue weighted by molar-refractivity contribution is 5.81. The molecule has 0 atom stereocenters. The average Bonchev–Trinajstić information content (AvgIpc) is 2.72. The molecule has 0 saturated carbocycles. The molecule has 0 aliphatic rings. The smallest absolute Gasteiger partial charge is 0.0630 e. The Morgan fingerprint density at radius 2 is 1.72 bits per heavy atom. The molecule has 2 rings (SSSR count). The van der Waals surface area contributed by atoms with Crippen LogP contribution in [0.25, 0.3) is 0 Å². The zero-order valence-electron chi connectivity index (χ0n) is 11.5. The molecular weight excluding hydrogens is 220 g/mol. The maximum atomic E-state index is 4.47. The first kappa shape index (κ1) is 12.6. The van der Waals surface area contributed by atoms with Crippen LogP contribution < -0.4 is 0 Å². The summed E-state index contributed by atoms with van der Waals surface area (Å²) in [5, 5.41) is 0. The highest BCUT2D eigenvalue weighted by atomic mass is 14.9. The van der Waals surface area contributed by atoms with E-state index >= 15 is 0 Å². The van der Waals surface area contributed by atoms with Crippen LogP contribution in [-0.2, 0) is 12.5 Å². The van der Waals surface area contributed by atoms with E-state index in [1.807, 2.05) is 36.3 Å². The van der Waals surface area contributed by atoms with Crippen molar-refractivity contribution in [1.82, 2.24) is 4.57 Å². The van der Waals surface area contributed by atoms with Gasteiger partial charge in [0.25, 0.3) is 0 Å². The monoisotopic (exact) mass is 240 g/mol. The number of aliphatic imine (C=N–C) groups is 1. The van der Waals surface area contributed by atoms with Gasteiger partial charge < -0.3 is 4.57 Å². The molecule has 94 valence electrons. The highest BCUT2D eigenvalue weighted by Crippen LogP contribution is 2.24. The molecule has 0 unspecified atom stereocenters. The van der Waals surface area contributed by atoms with Gasteiger partial charge in [-0.2, -0.15) is 0 Å². The van der Waals surface area contributed by atoms with Crippen molar-refractivity contribution in [2.45, 2.75) is 26.2 Å². The third-order valence-corrected chi connectivity index (χ3v) is 2.95. The molecule has 0 aliphatic carbocycles. The number of rotatable bonds is 2. The predicted octanol–water partition coefficient (Wildman–Crippen LogP) is 4.07. The van der Waals surface area contributed by atoms with Gasteiger partial charge in [0.05, 0.1) is 5.69 Å².